The molecule has 0 spiro atoms. The van der Waals surface area contributed by atoms with Gasteiger partial charge in [-0.3, -0.25) is 9.48 Å². The zero-order valence-electron chi connectivity index (χ0n) is 16.5. The van der Waals surface area contributed by atoms with Crippen LogP contribution in [-0.4, -0.2) is 27.8 Å². The Morgan fingerprint density at radius 2 is 1.87 bits per heavy atom. The van der Waals surface area contributed by atoms with Crippen LogP contribution in [0, 0.1) is 0 Å². The fourth-order valence-corrected chi connectivity index (χ4v) is 3.44. The molecule has 1 N–H and O–H groups in total. The second kappa shape index (κ2) is 9.78. The molecule has 2 aromatic carbocycles. The van der Waals surface area contributed by atoms with Crippen LogP contribution < -0.4 is 5.32 Å². The molecular formula is C22H21Cl2N3O3. The third kappa shape index (κ3) is 5.62. The van der Waals surface area contributed by atoms with E-state index in [9.17, 15) is 9.59 Å². The van der Waals surface area contributed by atoms with Crippen LogP contribution in [0.3, 0.4) is 0 Å². The number of ether oxygens (including phenoxy) is 1. The number of hydrogen-bond donors (Lipinski definition) is 1. The average molecular weight is 446 g/mol. The molecule has 3 aromatic rings. The normalized spacial score (nSPS) is 12.8. The van der Waals surface area contributed by atoms with Crippen molar-refractivity contribution in [1.82, 2.24) is 15.1 Å². The fourth-order valence-electron chi connectivity index (χ4n) is 2.87. The first kappa shape index (κ1) is 21.9. The number of nitrogens with zero attached hydrogens (tertiary/aromatic N) is 2. The van der Waals surface area contributed by atoms with Crippen LogP contribution >= 0.6 is 23.2 Å². The van der Waals surface area contributed by atoms with Crippen molar-refractivity contribution < 1.29 is 14.3 Å². The largest absolute Gasteiger partial charge is 0.449 e. The van der Waals surface area contributed by atoms with Gasteiger partial charge in [0.2, 0.25) is 0 Å². The highest BCUT2D eigenvalue weighted by Crippen LogP contribution is 2.26. The van der Waals surface area contributed by atoms with Crippen LogP contribution in [0.2, 0.25) is 10.0 Å². The Morgan fingerprint density at radius 3 is 2.50 bits per heavy atom. The summed E-state index contributed by atoms with van der Waals surface area (Å²) in [4.78, 5) is 24.8. The first-order valence-corrected chi connectivity index (χ1v) is 10.1. The quantitative estimate of drug-likeness (QED) is 0.536. The number of benzene rings is 2. The van der Waals surface area contributed by atoms with Gasteiger partial charge in [0.25, 0.3) is 5.91 Å². The molecular weight excluding hydrogens is 425 g/mol. The summed E-state index contributed by atoms with van der Waals surface area (Å²) in [6.07, 6.45) is 2.61. The van der Waals surface area contributed by atoms with Crippen LogP contribution in [0.1, 0.15) is 41.4 Å². The second-order valence-corrected chi connectivity index (χ2v) is 7.69. The van der Waals surface area contributed by atoms with E-state index in [1.807, 2.05) is 24.4 Å². The second-order valence-electron chi connectivity index (χ2n) is 6.84. The van der Waals surface area contributed by atoms with Gasteiger partial charge in [-0.05, 0) is 55.3 Å². The predicted octanol–water partition coefficient (Wildman–Crippen LogP) is 4.66. The van der Waals surface area contributed by atoms with Crippen molar-refractivity contribution in [2.24, 2.45) is 0 Å². The number of rotatable bonds is 7. The molecule has 2 atom stereocenters. The van der Waals surface area contributed by atoms with Crippen molar-refractivity contribution in [3.63, 3.8) is 0 Å². The molecule has 0 fully saturated rings. The van der Waals surface area contributed by atoms with E-state index in [4.69, 9.17) is 27.9 Å². The molecule has 6 nitrogen and oxygen atoms in total. The van der Waals surface area contributed by atoms with Gasteiger partial charge in [-0.25, -0.2) is 4.79 Å². The number of halogens is 2. The molecule has 0 radical (unpaired) electrons. The lowest BCUT2D eigenvalue weighted by Gasteiger charge is -2.19. The molecule has 30 heavy (non-hydrogen) atoms. The standard InChI is InChI=1S/C22H21Cl2N3O3/c1-14(19-9-8-18(23)12-20(19)24)26-21(28)15(2)30-22(29)17-6-4-16(5-7-17)13-27-11-3-10-25-27/h3-12,14-15H,13H2,1-2H3,(H,26,28). The Morgan fingerprint density at radius 1 is 1.13 bits per heavy atom. The maximum Gasteiger partial charge on any atom is 0.338 e. The van der Waals surface area contributed by atoms with Crippen molar-refractivity contribution in [2.45, 2.75) is 32.5 Å². The molecule has 1 aromatic heterocycles. The van der Waals surface area contributed by atoms with Crippen molar-refractivity contribution in [3.05, 3.63) is 87.7 Å². The zero-order chi connectivity index (χ0) is 21.7. The maximum atomic E-state index is 12.4. The van der Waals surface area contributed by atoms with E-state index in [1.54, 1.807) is 48.1 Å². The molecule has 0 aliphatic rings. The monoisotopic (exact) mass is 445 g/mol. The van der Waals surface area contributed by atoms with E-state index in [2.05, 4.69) is 10.4 Å². The third-order valence-electron chi connectivity index (χ3n) is 4.53. The van der Waals surface area contributed by atoms with Crippen molar-refractivity contribution in [3.8, 4) is 0 Å². The summed E-state index contributed by atoms with van der Waals surface area (Å²) < 4.78 is 7.09. The summed E-state index contributed by atoms with van der Waals surface area (Å²) >= 11 is 12.1. The Balaban J connectivity index is 1.55. The molecule has 0 bridgehead atoms. The fraction of sp³-hybridized carbons (Fsp3) is 0.227. The first-order valence-electron chi connectivity index (χ1n) is 9.36. The maximum absolute atomic E-state index is 12.4. The average Bonchev–Trinajstić information content (AvgIpc) is 3.21. The zero-order valence-corrected chi connectivity index (χ0v) is 18.0. The summed E-state index contributed by atoms with van der Waals surface area (Å²) in [6.45, 7) is 3.92. The van der Waals surface area contributed by atoms with E-state index in [1.165, 1.54) is 6.92 Å². The van der Waals surface area contributed by atoms with Crippen molar-refractivity contribution >= 4 is 35.1 Å². The number of carbonyl (C=O) groups is 2. The number of carbonyl (C=O) groups excluding carboxylic acids is 2. The minimum absolute atomic E-state index is 0.368. The van der Waals surface area contributed by atoms with Crippen LogP contribution in [0.4, 0.5) is 0 Å². The number of hydrogen-bond acceptors (Lipinski definition) is 4. The Kier molecular flexibility index (Phi) is 7.13. The highest BCUT2D eigenvalue weighted by atomic mass is 35.5. The van der Waals surface area contributed by atoms with Crippen LogP contribution in [0.5, 0.6) is 0 Å². The van der Waals surface area contributed by atoms with E-state index in [-0.39, 0.29) is 6.04 Å². The Labute approximate surface area is 184 Å². The van der Waals surface area contributed by atoms with Gasteiger partial charge in [0.1, 0.15) is 0 Å². The SMILES string of the molecule is CC(OC(=O)c1ccc(Cn2cccn2)cc1)C(=O)NC(C)c1ccc(Cl)cc1Cl. The molecule has 8 heteroatoms. The number of amides is 1. The summed E-state index contributed by atoms with van der Waals surface area (Å²) in [5, 5.41) is 7.91. The van der Waals surface area contributed by atoms with Crippen molar-refractivity contribution in [2.75, 3.05) is 0 Å². The van der Waals surface area contributed by atoms with Gasteiger partial charge >= 0.3 is 5.97 Å². The molecule has 1 heterocycles. The first-order chi connectivity index (χ1) is 14.3. The lowest BCUT2D eigenvalue weighted by atomic mass is 10.1. The van der Waals surface area contributed by atoms with Crippen LogP contribution in [0.25, 0.3) is 0 Å². The summed E-state index contributed by atoms with van der Waals surface area (Å²) in [7, 11) is 0. The molecule has 0 aliphatic carbocycles. The van der Waals surface area contributed by atoms with Crippen LogP contribution in [-0.2, 0) is 16.1 Å². The van der Waals surface area contributed by atoms with Crippen LogP contribution in [0.15, 0.2) is 60.9 Å². The van der Waals surface area contributed by atoms with Gasteiger partial charge in [-0.2, -0.15) is 5.10 Å². The number of esters is 1. The summed E-state index contributed by atoms with van der Waals surface area (Å²) in [5.41, 5.74) is 2.09. The Bertz CT molecular complexity index is 1020. The van der Waals surface area contributed by atoms with Crippen molar-refractivity contribution in [1.29, 1.82) is 0 Å². The molecule has 3 rings (SSSR count). The van der Waals surface area contributed by atoms with E-state index in [0.29, 0.717) is 22.2 Å². The number of nitrogens with one attached hydrogen (secondary N) is 1. The Hall–Kier alpha value is -2.83. The van der Waals surface area contributed by atoms with Gasteiger partial charge in [0, 0.05) is 22.4 Å². The van der Waals surface area contributed by atoms with Gasteiger partial charge in [0.15, 0.2) is 6.10 Å². The minimum Gasteiger partial charge on any atom is -0.449 e. The van der Waals surface area contributed by atoms with Gasteiger partial charge in [-0.15, -0.1) is 0 Å². The molecule has 0 saturated heterocycles. The van der Waals surface area contributed by atoms with E-state index < -0.39 is 18.0 Å². The predicted molar refractivity (Wildman–Crippen MR) is 116 cm³/mol. The molecule has 0 aliphatic heterocycles. The molecule has 0 saturated carbocycles. The number of aromatic nitrogens is 2. The summed E-state index contributed by atoms with van der Waals surface area (Å²) in [6, 6.07) is 13.5. The van der Waals surface area contributed by atoms with Gasteiger partial charge in [0.05, 0.1) is 18.2 Å². The van der Waals surface area contributed by atoms with Gasteiger partial charge in [-0.1, -0.05) is 41.4 Å². The lowest BCUT2D eigenvalue weighted by molar-refractivity contribution is -0.129. The molecule has 1 amide bonds. The molecule has 2 unspecified atom stereocenters. The van der Waals surface area contributed by atoms with E-state index in [0.717, 1.165) is 11.1 Å². The van der Waals surface area contributed by atoms with E-state index >= 15 is 0 Å². The highest BCUT2D eigenvalue weighted by Gasteiger charge is 2.21. The highest BCUT2D eigenvalue weighted by molar-refractivity contribution is 6.35. The third-order valence-corrected chi connectivity index (χ3v) is 5.10. The van der Waals surface area contributed by atoms with Gasteiger partial charge < -0.3 is 10.1 Å². The lowest BCUT2D eigenvalue weighted by Crippen LogP contribution is -2.37. The topological polar surface area (TPSA) is 73.2 Å². The smallest absolute Gasteiger partial charge is 0.338 e. The summed E-state index contributed by atoms with van der Waals surface area (Å²) in [5.74, 6) is -0.988. The minimum atomic E-state index is -0.963. The molecule has 156 valence electrons.